The standard InChI is InChI=1S/C17H17ClN4O2Si/c1-25(2,3)17-11-21(20-19-17)16-9-6-13(18)10-15(16)12-4-7-14(8-5-12)22(23)24/h4-11H,1-3H3. The molecule has 0 radical (unpaired) electrons. The highest BCUT2D eigenvalue weighted by Gasteiger charge is 2.21. The second-order valence-electron chi connectivity index (χ2n) is 6.76. The first-order valence-electron chi connectivity index (χ1n) is 7.73. The molecular formula is C17H17ClN4O2Si. The fourth-order valence-electron chi connectivity index (χ4n) is 2.43. The normalized spacial score (nSPS) is 11.5. The number of hydrogen-bond acceptors (Lipinski definition) is 4. The van der Waals surface area contributed by atoms with E-state index in [0.29, 0.717) is 5.02 Å². The van der Waals surface area contributed by atoms with Gasteiger partial charge in [-0.25, -0.2) is 4.68 Å². The molecule has 0 amide bonds. The highest BCUT2D eigenvalue weighted by atomic mass is 35.5. The van der Waals surface area contributed by atoms with E-state index in [9.17, 15) is 10.1 Å². The van der Waals surface area contributed by atoms with E-state index in [1.807, 2.05) is 18.3 Å². The summed E-state index contributed by atoms with van der Waals surface area (Å²) in [4.78, 5) is 10.4. The third-order valence-corrected chi connectivity index (χ3v) is 5.86. The van der Waals surface area contributed by atoms with E-state index in [2.05, 4.69) is 30.0 Å². The monoisotopic (exact) mass is 372 g/mol. The van der Waals surface area contributed by atoms with Gasteiger partial charge in [0.15, 0.2) is 0 Å². The maximum Gasteiger partial charge on any atom is 0.269 e. The Morgan fingerprint density at radius 3 is 2.36 bits per heavy atom. The van der Waals surface area contributed by atoms with E-state index in [-0.39, 0.29) is 5.69 Å². The molecule has 0 atom stereocenters. The second-order valence-corrected chi connectivity index (χ2v) is 12.2. The van der Waals surface area contributed by atoms with Gasteiger partial charge in [-0.1, -0.05) is 36.5 Å². The average Bonchev–Trinajstić information content (AvgIpc) is 3.05. The summed E-state index contributed by atoms with van der Waals surface area (Å²) in [6.45, 7) is 6.63. The van der Waals surface area contributed by atoms with Gasteiger partial charge in [0.05, 0.1) is 15.9 Å². The lowest BCUT2D eigenvalue weighted by molar-refractivity contribution is -0.384. The van der Waals surface area contributed by atoms with Crippen LogP contribution in [0.25, 0.3) is 16.8 Å². The number of non-ortho nitro benzene ring substituents is 1. The van der Waals surface area contributed by atoms with Gasteiger partial charge < -0.3 is 0 Å². The first-order valence-corrected chi connectivity index (χ1v) is 11.6. The third kappa shape index (κ3) is 3.62. The molecule has 0 fully saturated rings. The van der Waals surface area contributed by atoms with Gasteiger partial charge >= 0.3 is 0 Å². The van der Waals surface area contributed by atoms with Crippen LogP contribution in [0.15, 0.2) is 48.7 Å². The molecule has 0 N–H and O–H groups in total. The number of benzene rings is 2. The molecule has 0 bridgehead atoms. The lowest BCUT2D eigenvalue weighted by atomic mass is 10.0. The number of halogens is 1. The molecule has 3 aromatic rings. The van der Waals surface area contributed by atoms with E-state index < -0.39 is 13.0 Å². The molecule has 8 heteroatoms. The second kappa shape index (κ2) is 6.42. The largest absolute Gasteiger partial charge is 0.269 e. The van der Waals surface area contributed by atoms with Crippen LogP contribution in [0.4, 0.5) is 5.69 Å². The fraction of sp³-hybridized carbons (Fsp3) is 0.176. The van der Waals surface area contributed by atoms with Crippen molar-refractivity contribution in [2.75, 3.05) is 0 Å². The van der Waals surface area contributed by atoms with Gasteiger partial charge in [-0.05, 0) is 35.9 Å². The molecule has 0 aliphatic carbocycles. The average molecular weight is 373 g/mol. The van der Waals surface area contributed by atoms with Crippen molar-refractivity contribution in [1.29, 1.82) is 0 Å². The van der Waals surface area contributed by atoms with Crippen LogP contribution >= 0.6 is 11.6 Å². The molecule has 0 saturated heterocycles. The number of nitro groups is 1. The molecule has 0 aliphatic rings. The molecule has 1 aromatic heterocycles. The zero-order chi connectivity index (χ0) is 18.2. The molecule has 0 saturated carbocycles. The molecule has 3 rings (SSSR count). The highest BCUT2D eigenvalue weighted by Crippen LogP contribution is 2.30. The number of nitrogens with zero attached hydrogens (tertiary/aromatic N) is 4. The molecule has 2 aromatic carbocycles. The summed E-state index contributed by atoms with van der Waals surface area (Å²) in [6.07, 6.45) is 1.95. The highest BCUT2D eigenvalue weighted by molar-refractivity contribution is 6.88. The van der Waals surface area contributed by atoms with Crippen LogP contribution in [0.5, 0.6) is 0 Å². The number of rotatable bonds is 4. The van der Waals surface area contributed by atoms with Crippen LogP contribution in [0.3, 0.4) is 0 Å². The molecule has 0 unspecified atom stereocenters. The lowest BCUT2D eigenvalue weighted by Crippen LogP contribution is -2.38. The van der Waals surface area contributed by atoms with Gasteiger partial charge in [0.2, 0.25) is 0 Å². The SMILES string of the molecule is C[Si](C)(C)c1cn(-c2ccc(Cl)cc2-c2ccc([N+](=O)[O-])cc2)nn1. The first-order chi connectivity index (χ1) is 11.8. The molecule has 128 valence electrons. The molecular weight excluding hydrogens is 356 g/mol. The Morgan fingerprint density at radius 1 is 1.12 bits per heavy atom. The Bertz CT molecular complexity index is 933. The molecule has 25 heavy (non-hydrogen) atoms. The Hall–Kier alpha value is -2.51. The zero-order valence-corrected chi connectivity index (χ0v) is 15.9. The quantitative estimate of drug-likeness (QED) is 0.393. The Kier molecular flexibility index (Phi) is 4.44. The maximum atomic E-state index is 10.9. The topological polar surface area (TPSA) is 73.8 Å². The minimum atomic E-state index is -1.57. The summed E-state index contributed by atoms with van der Waals surface area (Å²) in [7, 11) is -1.57. The van der Waals surface area contributed by atoms with Crippen molar-refractivity contribution in [2.24, 2.45) is 0 Å². The van der Waals surface area contributed by atoms with Gasteiger partial charge in [0.1, 0.15) is 8.07 Å². The summed E-state index contributed by atoms with van der Waals surface area (Å²) in [6, 6.07) is 11.9. The minimum Gasteiger partial charge on any atom is -0.258 e. The van der Waals surface area contributed by atoms with Crippen molar-refractivity contribution in [3.05, 3.63) is 63.8 Å². The summed E-state index contributed by atoms with van der Waals surface area (Å²) in [5, 5.41) is 21.0. The van der Waals surface area contributed by atoms with Crippen LogP contribution in [0.2, 0.25) is 24.7 Å². The smallest absolute Gasteiger partial charge is 0.258 e. The van der Waals surface area contributed by atoms with Crippen molar-refractivity contribution < 1.29 is 4.92 Å². The molecule has 1 heterocycles. The van der Waals surface area contributed by atoms with Gasteiger partial charge in [-0.15, -0.1) is 5.10 Å². The van der Waals surface area contributed by atoms with Crippen LogP contribution in [0, 0.1) is 10.1 Å². The summed E-state index contributed by atoms with van der Waals surface area (Å²) in [5.74, 6) is 0. The minimum absolute atomic E-state index is 0.0501. The van der Waals surface area contributed by atoms with E-state index in [4.69, 9.17) is 11.6 Å². The third-order valence-electron chi connectivity index (χ3n) is 3.86. The Balaban J connectivity index is 2.10. The molecule has 0 aliphatic heterocycles. The summed E-state index contributed by atoms with van der Waals surface area (Å²) < 4.78 is 1.74. The predicted molar refractivity (Wildman–Crippen MR) is 101 cm³/mol. The number of hydrogen-bond donors (Lipinski definition) is 0. The van der Waals surface area contributed by atoms with Crippen molar-refractivity contribution in [2.45, 2.75) is 19.6 Å². The number of nitro benzene ring substituents is 1. The van der Waals surface area contributed by atoms with Crippen molar-refractivity contribution in [3.8, 4) is 16.8 Å². The molecule has 0 spiro atoms. The Morgan fingerprint density at radius 2 is 1.80 bits per heavy atom. The van der Waals surface area contributed by atoms with Crippen molar-refractivity contribution in [1.82, 2.24) is 15.0 Å². The van der Waals surface area contributed by atoms with Gasteiger partial charge in [0.25, 0.3) is 5.69 Å². The predicted octanol–water partition coefficient (Wildman–Crippen LogP) is 4.04. The maximum absolute atomic E-state index is 10.9. The van der Waals surface area contributed by atoms with Crippen LogP contribution in [-0.2, 0) is 0 Å². The summed E-state index contributed by atoms with van der Waals surface area (Å²) in [5.41, 5.74) is 2.55. The van der Waals surface area contributed by atoms with Crippen molar-refractivity contribution in [3.63, 3.8) is 0 Å². The van der Waals surface area contributed by atoms with Gasteiger partial charge in [-0.3, -0.25) is 10.1 Å². The zero-order valence-electron chi connectivity index (χ0n) is 14.1. The van der Waals surface area contributed by atoms with E-state index >= 15 is 0 Å². The van der Waals surface area contributed by atoms with E-state index in [1.54, 1.807) is 22.9 Å². The van der Waals surface area contributed by atoms with Gasteiger partial charge in [0, 0.05) is 28.9 Å². The van der Waals surface area contributed by atoms with Crippen LogP contribution in [0.1, 0.15) is 0 Å². The van der Waals surface area contributed by atoms with Crippen LogP contribution < -0.4 is 5.32 Å². The van der Waals surface area contributed by atoms with Crippen molar-refractivity contribution >= 4 is 30.7 Å². The van der Waals surface area contributed by atoms with E-state index in [1.165, 1.54) is 12.1 Å². The van der Waals surface area contributed by atoms with Gasteiger partial charge in [-0.2, -0.15) is 0 Å². The number of aromatic nitrogens is 3. The molecule has 6 nitrogen and oxygen atoms in total. The lowest BCUT2D eigenvalue weighted by Gasteiger charge is -2.11. The van der Waals surface area contributed by atoms with Crippen LogP contribution in [-0.4, -0.2) is 28.0 Å². The fourth-order valence-corrected chi connectivity index (χ4v) is 3.45. The first kappa shape index (κ1) is 17.3. The Labute approximate surface area is 151 Å². The summed E-state index contributed by atoms with van der Waals surface area (Å²) >= 11 is 6.17. The van der Waals surface area contributed by atoms with E-state index in [0.717, 1.165) is 22.1 Å².